The maximum atomic E-state index is 2.34. The van der Waals surface area contributed by atoms with E-state index < -0.39 is 0 Å². The fourth-order valence-electron chi connectivity index (χ4n) is 3.09. The maximum Gasteiger partial charge on any atom is 0.0542 e. The summed E-state index contributed by atoms with van der Waals surface area (Å²) in [5.74, 6) is 0. The van der Waals surface area contributed by atoms with Gasteiger partial charge in [0.05, 0.1) is 11.0 Å². The van der Waals surface area contributed by atoms with E-state index in [1.807, 2.05) is 0 Å². The van der Waals surface area contributed by atoms with Gasteiger partial charge in [-0.2, -0.15) is 0 Å². The van der Waals surface area contributed by atoms with Crippen molar-refractivity contribution in [3.05, 3.63) is 72.8 Å². The van der Waals surface area contributed by atoms with Gasteiger partial charge in [-0.25, -0.2) is 0 Å². The standard InChI is InChI=1S/C20H18N2/c1-21(2)16-12-13-20-18(14-16)17-10-6-7-11-19(17)22(20)15-8-4-3-5-9-15/h3-14H,1-2H3. The van der Waals surface area contributed by atoms with Gasteiger partial charge in [0.15, 0.2) is 0 Å². The van der Waals surface area contributed by atoms with Crippen LogP contribution in [-0.2, 0) is 0 Å². The average Bonchev–Trinajstić information content (AvgIpc) is 2.89. The van der Waals surface area contributed by atoms with Crippen molar-refractivity contribution in [1.29, 1.82) is 0 Å². The SMILES string of the molecule is CN(C)c1ccc2c(c1)c1ccccc1n2-c1ccccc1. The van der Waals surface area contributed by atoms with Gasteiger partial charge in [0.25, 0.3) is 0 Å². The van der Waals surface area contributed by atoms with Crippen LogP contribution in [0.4, 0.5) is 5.69 Å². The van der Waals surface area contributed by atoms with Gasteiger partial charge in [-0.1, -0.05) is 36.4 Å². The third kappa shape index (κ3) is 1.88. The lowest BCUT2D eigenvalue weighted by molar-refractivity contribution is 1.13. The molecule has 3 aromatic carbocycles. The summed E-state index contributed by atoms with van der Waals surface area (Å²) >= 11 is 0. The highest BCUT2D eigenvalue weighted by Crippen LogP contribution is 2.33. The summed E-state index contributed by atoms with van der Waals surface area (Å²) in [6.45, 7) is 0. The molecule has 22 heavy (non-hydrogen) atoms. The Morgan fingerprint density at radius 1 is 0.682 bits per heavy atom. The van der Waals surface area contributed by atoms with E-state index in [1.165, 1.54) is 33.2 Å². The van der Waals surface area contributed by atoms with Crippen LogP contribution in [0.2, 0.25) is 0 Å². The number of para-hydroxylation sites is 2. The van der Waals surface area contributed by atoms with Crippen molar-refractivity contribution < 1.29 is 0 Å². The van der Waals surface area contributed by atoms with E-state index in [4.69, 9.17) is 0 Å². The summed E-state index contributed by atoms with van der Waals surface area (Å²) in [4.78, 5) is 2.15. The Kier molecular flexibility index (Phi) is 2.90. The number of anilines is 1. The van der Waals surface area contributed by atoms with Gasteiger partial charge >= 0.3 is 0 Å². The van der Waals surface area contributed by atoms with Crippen molar-refractivity contribution in [2.45, 2.75) is 0 Å². The lowest BCUT2D eigenvalue weighted by atomic mass is 10.1. The summed E-state index contributed by atoms with van der Waals surface area (Å²) in [6, 6.07) is 25.8. The molecular weight excluding hydrogens is 268 g/mol. The largest absolute Gasteiger partial charge is 0.378 e. The van der Waals surface area contributed by atoms with E-state index in [1.54, 1.807) is 0 Å². The Labute approximate surface area is 130 Å². The van der Waals surface area contributed by atoms with E-state index in [-0.39, 0.29) is 0 Å². The summed E-state index contributed by atoms with van der Waals surface area (Å²) in [5.41, 5.74) is 4.92. The van der Waals surface area contributed by atoms with Crippen molar-refractivity contribution in [3.63, 3.8) is 0 Å². The van der Waals surface area contributed by atoms with Crippen molar-refractivity contribution in [1.82, 2.24) is 4.57 Å². The molecule has 2 nitrogen and oxygen atoms in total. The van der Waals surface area contributed by atoms with Crippen LogP contribution < -0.4 is 4.90 Å². The lowest BCUT2D eigenvalue weighted by Crippen LogP contribution is -2.08. The van der Waals surface area contributed by atoms with Crippen LogP contribution in [0.15, 0.2) is 72.8 Å². The molecule has 0 N–H and O–H groups in total. The fourth-order valence-corrected chi connectivity index (χ4v) is 3.09. The van der Waals surface area contributed by atoms with Crippen molar-refractivity contribution in [3.8, 4) is 5.69 Å². The average molecular weight is 286 g/mol. The smallest absolute Gasteiger partial charge is 0.0542 e. The third-order valence-electron chi connectivity index (χ3n) is 4.19. The maximum absolute atomic E-state index is 2.34. The second-order valence-corrected chi connectivity index (χ2v) is 5.78. The lowest BCUT2D eigenvalue weighted by Gasteiger charge is -2.13. The molecule has 1 heterocycles. The highest BCUT2D eigenvalue weighted by Gasteiger charge is 2.12. The molecule has 4 aromatic rings. The van der Waals surface area contributed by atoms with Crippen LogP contribution in [0.1, 0.15) is 0 Å². The third-order valence-corrected chi connectivity index (χ3v) is 4.19. The number of hydrogen-bond donors (Lipinski definition) is 0. The Morgan fingerprint density at radius 2 is 1.36 bits per heavy atom. The predicted molar refractivity (Wildman–Crippen MR) is 95.1 cm³/mol. The molecule has 0 radical (unpaired) electrons. The molecule has 0 spiro atoms. The first kappa shape index (κ1) is 13.0. The molecule has 1 aromatic heterocycles. The van der Waals surface area contributed by atoms with E-state index in [2.05, 4.69) is 96.4 Å². The molecule has 0 saturated heterocycles. The molecule has 0 aliphatic heterocycles. The minimum absolute atomic E-state index is 1.20. The molecule has 0 amide bonds. The van der Waals surface area contributed by atoms with Crippen LogP contribution in [0.25, 0.3) is 27.5 Å². The first-order chi connectivity index (χ1) is 10.8. The van der Waals surface area contributed by atoms with E-state index in [0.717, 1.165) is 0 Å². The number of benzene rings is 3. The van der Waals surface area contributed by atoms with Crippen molar-refractivity contribution in [2.75, 3.05) is 19.0 Å². The highest BCUT2D eigenvalue weighted by atomic mass is 15.1. The molecule has 0 atom stereocenters. The van der Waals surface area contributed by atoms with Gasteiger partial charge in [0.2, 0.25) is 0 Å². The molecule has 0 aliphatic rings. The zero-order chi connectivity index (χ0) is 15.1. The molecule has 0 aliphatic carbocycles. The van der Waals surface area contributed by atoms with Crippen LogP contribution in [0.5, 0.6) is 0 Å². The van der Waals surface area contributed by atoms with Gasteiger partial charge in [0, 0.05) is 36.2 Å². The van der Waals surface area contributed by atoms with Crippen LogP contribution in [0.3, 0.4) is 0 Å². The number of nitrogens with zero attached hydrogens (tertiary/aromatic N) is 2. The van der Waals surface area contributed by atoms with Gasteiger partial charge in [-0.15, -0.1) is 0 Å². The monoisotopic (exact) mass is 286 g/mol. The molecular formula is C20H18N2. The number of hydrogen-bond acceptors (Lipinski definition) is 1. The minimum atomic E-state index is 1.20. The Bertz CT molecular complexity index is 949. The zero-order valence-electron chi connectivity index (χ0n) is 12.8. The zero-order valence-corrected chi connectivity index (χ0v) is 12.8. The van der Waals surface area contributed by atoms with Crippen LogP contribution >= 0.6 is 0 Å². The Balaban J connectivity index is 2.14. The summed E-state index contributed by atoms with van der Waals surface area (Å²) in [5, 5.41) is 2.59. The van der Waals surface area contributed by atoms with Crippen LogP contribution in [-0.4, -0.2) is 18.7 Å². The van der Waals surface area contributed by atoms with Gasteiger partial charge in [-0.3, -0.25) is 0 Å². The van der Waals surface area contributed by atoms with Crippen molar-refractivity contribution in [2.24, 2.45) is 0 Å². The van der Waals surface area contributed by atoms with E-state index >= 15 is 0 Å². The van der Waals surface area contributed by atoms with Crippen LogP contribution in [0, 0.1) is 0 Å². The molecule has 108 valence electrons. The first-order valence-electron chi connectivity index (χ1n) is 7.51. The van der Waals surface area contributed by atoms with E-state index in [9.17, 15) is 0 Å². The number of fused-ring (bicyclic) bond motifs is 3. The Hall–Kier alpha value is -2.74. The molecule has 0 saturated carbocycles. The summed E-state index contributed by atoms with van der Waals surface area (Å²) < 4.78 is 2.34. The summed E-state index contributed by atoms with van der Waals surface area (Å²) in [6.07, 6.45) is 0. The quantitative estimate of drug-likeness (QED) is 0.511. The van der Waals surface area contributed by atoms with Gasteiger partial charge in [0.1, 0.15) is 0 Å². The number of aromatic nitrogens is 1. The van der Waals surface area contributed by atoms with Crippen molar-refractivity contribution >= 4 is 27.5 Å². The number of rotatable bonds is 2. The second-order valence-electron chi connectivity index (χ2n) is 5.78. The van der Waals surface area contributed by atoms with Gasteiger partial charge in [-0.05, 0) is 36.4 Å². The van der Waals surface area contributed by atoms with E-state index in [0.29, 0.717) is 0 Å². The predicted octanol–water partition coefficient (Wildman–Crippen LogP) is 4.85. The molecule has 2 heteroatoms. The topological polar surface area (TPSA) is 8.17 Å². The molecule has 4 rings (SSSR count). The van der Waals surface area contributed by atoms with Gasteiger partial charge < -0.3 is 9.47 Å². The summed E-state index contributed by atoms with van der Waals surface area (Å²) in [7, 11) is 4.16. The Morgan fingerprint density at radius 3 is 2.14 bits per heavy atom. The first-order valence-corrected chi connectivity index (χ1v) is 7.51. The highest BCUT2D eigenvalue weighted by molar-refractivity contribution is 6.10. The fraction of sp³-hybridized carbons (Fsp3) is 0.100. The molecule has 0 bridgehead atoms. The molecule has 0 fully saturated rings. The second kappa shape index (κ2) is 4.92. The minimum Gasteiger partial charge on any atom is -0.378 e. The molecule has 0 unspecified atom stereocenters. The normalized spacial score (nSPS) is 11.2.